The summed E-state index contributed by atoms with van der Waals surface area (Å²) < 4.78 is 13.0. The van der Waals surface area contributed by atoms with E-state index >= 15 is 4.79 Å². The standard InChI is InChI=1S/C53H59N3O6Si/c1-35(2)14-11-15-36(3)28-29-55-45-27-22-40(56-46-21-13-19-39-18-12-20-43(49(39)46)51(56)59)32-44(45)53(52(55)60)37(4)50(63(6,7)42-25-23-41(61-5)24-26-42)47(62-53)33-48(58)54(30-31-57)34-38-16-9-8-10-17-38/h8-10,12-14,16-28,32,37,47,50,57H,11,15,29-31,33-34H2,1-7H3/b36-28+/t37-,47+,50-,53+/m1/s1. The van der Waals surface area contributed by atoms with Crippen molar-refractivity contribution >= 4 is 58.8 Å². The molecule has 0 aliphatic carbocycles. The van der Waals surface area contributed by atoms with E-state index in [-0.39, 0.29) is 48.8 Å². The average Bonchev–Trinajstić information content (AvgIpc) is 3.83. The van der Waals surface area contributed by atoms with Crippen molar-refractivity contribution in [1.29, 1.82) is 0 Å². The molecule has 1 N–H and O–H groups in total. The molecular formula is C53H59N3O6Si. The lowest BCUT2D eigenvalue weighted by Gasteiger charge is -2.37. The number of methoxy groups -OCH3 is 1. The summed E-state index contributed by atoms with van der Waals surface area (Å²) in [6.07, 6.45) is 5.56. The Hall–Kier alpha value is -5.81. The minimum absolute atomic E-state index is 0.0315. The number of ether oxygens (including phenoxy) is 2. The van der Waals surface area contributed by atoms with Gasteiger partial charge in [-0.2, -0.15) is 0 Å². The third kappa shape index (κ3) is 7.94. The third-order valence-electron chi connectivity index (χ3n) is 13.7. The smallest absolute Gasteiger partial charge is 0.264 e. The lowest BCUT2D eigenvalue weighted by Crippen LogP contribution is -2.52. The van der Waals surface area contributed by atoms with E-state index in [1.165, 1.54) is 11.1 Å². The molecule has 8 rings (SSSR count). The van der Waals surface area contributed by atoms with Gasteiger partial charge in [0.15, 0.2) is 5.60 Å². The zero-order valence-electron chi connectivity index (χ0n) is 37.6. The summed E-state index contributed by atoms with van der Waals surface area (Å²) in [7, 11) is -0.954. The lowest BCUT2D eigenvalue weighted by molar-refractivity contribution is -0.149. The first kappa shape index (κ1) is 43.8. The number of aliphatic hydroxyl groups excluding tert-OH is 1. The molecule has 0 radical (unpaired) electrons. The van der Waals surface area contributed by atoms with Gasteiger partial charge in [-0.25, -0.2) is 0 Å². The van der Waals surface area contributed by atoms with Gasteiger partial charge < -0.3 is 24.4 Å². The van der Waals surface area contributed by atoms with Crippen LogP contribution in [0, 0.1) is 5.92 Å². The van der Waals surface area contributed by atoms with Gasteiger partial charge >= 0.3 is 0 Å². The Morgan fingerprint density at radius 2 is 1.63 bits per heavy atom. The maximum Gasteiger partial charge on any atom is 0.264 e. The average molecular weight is 862 g/mol. The Balaban J connectivity index is 1.25. The van der Waals surface area contributed by atoms with E-state index in [0.717, 1.165) is 51.5 Å². The molecule has 3 amide bonds. The van der Waals surface area contributed by atoms with Crippen molar-refractivity contribution in [3.8, 4) is 5.75 Å². The molecule has 9 nitrogen and oxygen atoms in total. The summed E-state index contributed by atoms with van der Waals surface area (Å²) in [6.45, 7) is 13.7. The van der Waals surface area contributed by atoms with Crippen molar-refractivity contribution in [2.75, 3.05) is 36.6 Å². The van der Waals surface area contributed by atoms with Gasteiger partial charge in [0.25, 0.3) is 11.8 Å². The van der Waals surface area contributed by atoms with E-state index in [0.29, 0.717) is 29.9 Å². The normalized spacial score (nSPS) is 20.5. The maximum absolute atomic E-state index is 15.7. The van der Waals surface area contributed by atoms with Crippen molar-refractivity contribution < 1.29 is 29.0 Å². The molecule has 5 aromatic rings. The Morgan fingerprint density at radius 3 is 2.33 bits per heavy atom. The minimum atomic E-state index is -2.61. The number of allylic oxidation sites excluding steroid dienone is 3. The highest BCUT2D eigenvalue weighted by molar-refractivity contribution is 6.91. The molecule has 4 atom stereocenters. The molecule has 326 valence electrons. The van der Waals surface area contributed by atoms with Crippen LogP contribution in [-0.4, -0.2) is 68.7 Å². The number of amides is 3. The van der Waals surface area contributed by atoms with Gasteiger partial charge in [-0.3, -0.25) is 19.3 Å². The first-order valence-electron chi connectivity index (χ1n) is 22.2. The second-order valence-corrected chi connectivity index (χ2v) is 22.9. The van der Waals surface area contributed by atoms with Crippen LogP contribution in [0.2, 0.25) is 18.6 Å². The Bertz CT molecular complexity index is 2600. The van der Waals surface area contributed by atoms with E-state index in [2.05, 4.69) is 65.1 Å². The van der Waals surface area contributed by atoms with Crippen molar-refractivity contribution in [3.63, 3.8) is 0 Å². The fourth-order valence-electron chi connectivity index (χ4n) is 10.4. The molecular weight excluding hydrogens is 803 g/mol. The zero-order chi connectivity index (χ0) is 44.6. The molecule has 0 saturated carbocycles. The van der Waals surface area contributed by atoms with Gasteiger partial charge in [0.2, 0.25) is 5.91 Å². The summed E-state index contributed by atoms with van der Waals surface area (Å²) in [5.41, 5.74) is 5.32. The first-order valence-corrected chi connectivity index (χ1v) is 25.2. The summed E-state index contributed by atoms with van der Waals surface area (Å²) >= 11 is 0. The first-order chi connectivity index (χ1) is 30.3. The summed E-state index contributed by atoms with van der Waals surface area (Å²) in [4.78, 5) is 50.0. The Kier molecular flexibility index (Phi) is 12.3. The van der Waals surface area contributed by atoms with Crippen LogP contribution < -0.4 is 19.7 Å². The third-order valence-corrected chi connectivity index (χ3v) is 18.0. The van der Waals surface area contributed by atoms with Crippen LogP contribution in [-0.2, 0) is 26.5 Å². The molecule has 5 aromatic carbocycles. The van der Waals surface area contributed by atoms with Gasteiger partial charge in [0.05, 0.1) is 51.3 Å². The second kappa shape index (κ2) is 17.8. The number of anilines is 3. The van der Waals surface area contributed by atoms with E-state index in [1.54, 1.807) is 16.9 Å². The van der Waals surface area contributed by atoms with Crippen LogP contribution in [0.25, 0.3) is 10.8 Å². The number of carbonyl (C=O) groups is 3. The maximum atomic E-state index is 15.7. The highest BCUT2D eigenvalue weighted by atomic mass is 28.3. The van der Waals surface area contributed by atoms with Crippen LogP contribution in [0.3, 0.4) is 0 Å². The van der Waals surface area contributed by atoms with E-state index < -0.39 is 19.8 Å². The second-order valence-electron chi connectivity index (χ2n) is 18.2. The molecule has 1 spiro atoms. The fraction of sp³-hybridized carbons (Fsp3) is 0.340. The van der Waals surface area contributed by atoms with Crippen LogP contribution >= 0.6 is 0 Å². The van der Waals surface area contributed by atoms with Crippen LogP contribution in [0.5, 0.6) is 5.75 Å². The largest absolute Gasteiger partial charge is 0.497 e. The molecule has 1 saturated heterocycles. The zero-order valence-corrected chi connectivity index (χ0v) is 38.6. The predicted octanol–water partition coefficient (Wildman–Crippen LogP) is 9.81. The summed E-state index contributed by atoms with van der Waals surface area (Å²) in [6, 6.07) is 35.7. The van der Waals surface area contributed by atoms with Crippen LogP contribution in [0.1, 0.15) is 68.4 Å². The molecule has 3 heterocycles. The van der Waals surface area contributed by atoms with Gasteiger partial charge in [0.1, 0.15) is 5.75 Å². The topological polar surface area (TPSA) is 99.6 Å². The van der Waals surface area contributed by atoms with Crippen molar-refractivity contribution in [2.24, 2.45) is 5.92 Å². The minimum Gasteiger partial charge on any atom is -0.497 e. The van der Waals surface area contributed by atoms with Crippen LogP contribution in [0.15, 0.2) is 132 Å². The number of rotatable bonds is 15. The number of fused-ring (bicyclic) bond motifs is 2. The van der Waals surface area contributed by atoms with Crippen molar-refractivity contribution in [3.05, 3.63) is 149 Å². The number of hydrogen-bond donors (Lipinski definition) is 1. The van der Waals surface area contributed by atoms with Crippen LogP contribution in [0.4, 0.5) is 17.1 Å². The SMILES string of the molecule is COc1ccc([Si](C)(C)[C@H]2[C@H](CC(=O)N(CCO)Cc3ccccc3)O[C@@]3(C(=O)N(C/C=C(\C)CCC=C(C)C)c4ccc(N5C(=O)c6cccc7cccc5c67)cc43)[C@@H]2C)cc1. The molecule has 0 bridgehead atoms. The molecule has 0 unspecified atom stereocenters. The van der Waals surface area contributed by atoms with E-state index in [9.17, 15) is 14.7 Å². The molecule has 3 aliphatic rings. The Morgan fingerprint density at radius 1 is 0.905 bits per heavy atom. The summed E-state index contributed by atoms with van der Waals surface area (Å²) in [5, 5.41) is 13.2. The molecule has 0 aromatic heterocycles. The highest BCUT2D eigenvalue weighted by Crippen LogP contribution is 2.61. The number of aliphatic hydroxyl groups is 1. The molecule has 3 aliphatic heterocycles. The monoisotopic (exact) mass is 861 g/mol. The van der Waals surface area contributed by atoms with Gasteiger partial charge in [-0.1, -0.05) is 115 Å². The molecule has 10 heteroatoms. The van der Waals surface area contributed by atoms with Gasteiger partial charge in [-0.05, 0) is 92.6 Å². The highest BCUT2D eigenvalue weighted by Gasteiger charge is 2.66. The Labute approximate surface area is 372 Å². The van der Waals surface area contributed by atoms with Crippen molar-refractivity contribution in [2.45, 2.75) is 83.8 Å². The van der Waals surface area contributed by atoms with E-state index in [1.807, 2.05) is 102 Å². The quantitative estimate of drug-likeness (QED) is 0.0832. The van der Waals surface area contributed by atoms with E-state index in [4.69, 9.17) is 9.47 Å². The number of benzene rings is 5. The molecule has 1 fully saturated rings. The van der Waals surface area contributed by atoms with Crippen molar-refractivity contribution in [1.82, 2.24) is 4.90 Å². The van der Waals surface area contributed by atoms with Gasteiger partial charge in [0, 0.05) is 42.2 Å². The number of nitrogens with zero attached hydrogens (tertiary/aromatic N) is 3. The summed E-state index contributed by atoms with van der Waals surface area (Å²) in [5.74, 6) is -0.0478. The lowest BCUT2D eigenvalue weighted by atomic mass is 9.82. The number of carbonyl (C=O) groups excluding carboxylic acids is 3. The number of hydrogen-bond acceptors (Lipinski definition) is 6. The molecule has 63 heavy (non-hydrogen) atoms. The predicted molar refractivity (Wildman–Crippen MR) is 255 cm³/mol. The fourth-order valence-corrected chi connectivity index (χ4v) is 14.5. The van der Waals surface area contributed by atoms with Gasteiger partial charge in [-0.15, -0.1) is 0 Å².